The van der Waals surface area contributed by atoms with Crippen LogP contribution in [-0.2, 0) is 0 Å². The predicted octanol–water partition coefficient (Wildman–Crippen LogP) is 4.49. The van der Waals surface area contributed by atoms with Gasteiger partial charge in [-0.05, 0) is 36.2 Å². The van der Waals surface area contributed by atoms with Crippen molar-refractivity contribution in [3.8, 4) is 22.9 Å². The van der Waals surface area contributed by atoms with Crippen LogP contribution in [-0.4, -0.2) is 58.4 Å². The zero-order valence-electron chi connectivity index (χ0n) is 19.5. The number of urea groups is 1. The van der Waals surface area contributed by atoms with Gasteiger partial charge in [0.2, 0.25) is 5.88 Å². The van der Waals surface area contributed by atoms with Gasteiger partial charge < -0.3 is 14.4 Å². The fourth-order valence-corrected chi connectivity index (χ4v) is 4.28. The van der Waals surface area contributed by atoms with Crippen LogP contribution in [0.15, 0.2) is 47.8 Å². The van der Waals surface area contributed by atoms with Crippen LogP contribution in [0.2, 0.25) is 0 Å². The van der Waals surface area contributed by atoms with Crippen molar-refractivity contribution >= 4 is 12.2 Å². The van der Waals surface area contributed by atoms with E-state index in [2.05, 4.69) is 15.1 Å². The lowest BCUT2D eigenvalue weighted by molar-refractivity contribution is 0.0256. The summed E-state index contributed by atoms with van der Waals surface area (Å²) in [5, 5.41) is 5.30. The quantitative estimate of drug-likeness (QED) is 0.519. The summed E-state index contributed by atoms with van der Waals surface area (Å²) in [6.45, 7) is 2.26. The number of ether oxygens (including phenoxy) is 2. The maximum Gasteiger partial charge on any atom is 0.341 e. The van der Waals surface area contributed by atoms with Crippen molar-refractivity contribution in [1.29, 1.82) is 0 Å². The smallest absolute Gasteiger partial charge is 0.341 e. The highest BCUT2D eigenvalue weighted by molar-refractivity contribution is 5.79. The number of aryl methyl sites for hydroxylation is 1. The number of pyridine rings is 2. The number of rotatable bonds is 5. The predicted molar refractivity (Wildman–Crippen MR) is 124 cm³/mol. The summed E-state index contributed by atoms with van der Waals surface area (Å²) in [7, 11) is 1.49. The van der Waals surface area contributed by atoms with Gasteiger partial charge in [-0.25, -0.2) is 28.0 Å². The van der Waals surface area contributed by atoms with Crippen LogP contribution in [0.1, 0.15) is 23.6 Å². The molecule has 2 aliphatic heterocycles. The van der Waals surface area contributed by atoms with Crippen molar-refractivity contribution in [3.63, 3.8) is 0 Å². The first kappa shape index (κ1) is 23.6. The van der Waals surface area contributed by atoms with Gasteiger partial charge in [-0.2, -0.15) is 5.10 Å². The van der Waals surface area contributed by atoms with Crippen LogP contribution in [0.25, 0.3) is 11.3 Å². The summed E-state index contributed by atoms with van der Waals surface area (Å²) < 4.78 is 53.0. The molecule has 5 rings (SSSR count). The maximum atomic E-state index is 14.5. The third-order valence-electron chi connectivity index (χ3n) is 6.10. The number of benzene rings is 1. The van der Waals surface area contributed by atoms with E-state index < -0.39 is 35.6 Å². The summed E-state index contributed by atoms with van der Waals surface area (Å²) in [4.78, 5) is 22.8. The molecule has 36 heavy (non-hydrogen) atoms. The van der Waals surface area contributed by atoms with Gasteiger partial charge >= 0.3 is 6.03 Å². The van der Waals surface area contributed by atoms with E-state index >= 15 is 0 Å². The molecule has 0 radical (unpaired) electrons. The van der Waals surface area contributed by atoms with E-state index in [0.29, 0.717) is 29.1 Å². The van der Waals surface area contributed by atoms with Gasteiger partial charge in [0.05, 0.1) is 43.7 Å². The number of carbonyl (C=O) groups is 1. The van der Waals surface area contributed by atoms with Crippen LogP contribution in [0.5, 0.6) is 11.6 Å². The SMILES string of the molecule is COc1nccc(C)c1-c1cc(OC2CN(C(=O)N3N=CC[C@H]3c3cc(F)cc(F)c3)C2)c(F)cn1. The van der Waals surface area contributed by atoms with Gasteiger partial charge in [-0.1, -0.05) is 0 Å². The Morgan fingerprint density at radius 3 is 2.56 bits per heavy atom. The van der Waals surface area contributed by atoms with Crippen LogP contribution in [0, 0.1) is 24.4 Å². The van der Waals surface area contributed by atoms with E-state index in [9.17, 15) is 18.0 Å². The number of hydrogen-bond donors (Lipinski definition) is 0. The second kappa shape index (κ2) is 9.48. The number of methoxy groups -OCH3 is 1. The van der Waals surface area contributed by atoms with Crippen LogP contribution >= 0.6 is 0 Å². The molecule has 3 aromatic rings. The molecule has 2 aromatic heterocycles. The normalized spacial score (nSPS) is 17.3. The van der Waals surface area contributed by atoms with E-state index in [1.54, 1.807) is 12.3 Å². The van der Waals surface area contributed by atoms with Gasteiger partial charge in [0.15, 0.2) is 11.6 Å². The fourth-order valence-electron chi connectivity index (χ4n) is 4.28. The standard InChI is InChI=1S/C25H22F3N5O3/c1-14-3-5-29-24(35-2)23(14)20-10-22(19(28)11-30-20)36-18-12-32(13-18)25(34)33-21(4-6-31-33)15-7-16(26)9-17(27)8-15/h3,5-11,18,21H,4,12-13H2,1-2H3/t21-/m0/s1. The average Bonchev–Trinajstić information content (AvgIpc) is 3.31. The molecule has 0 unspecified atom stereocenters. The van der Waals surface area contributed by atoms with Crippen molar-refractivity contribution in [2.75, 3.05) is 20.2 Å². The molecule has 0 spiro atoms. The van der Waals surface area contributed by atoms with Gasteiger partial charge in [-0.3, -0.25) is 4.98 Å². The molecule has 2 amide bonds. The van der Waals surface area contributed by atoms with E-state index in [0.717, 1.165) is 17.8 Å². The fraction of sp³-hybridized carbons (Fsp3) is 0.280. The molecule has 0 N–H and O–H groups in total. The molecule has 4 heterocycles. The van der Waals surface area contributed by atoms with Gasteiger partial charge in [0.1, 0.15) is 17.7 Å². The van der Waals surface area contributed by atoms with Crippen molar-refractivity contribution in [3.05, 3.63) is 71.3 Å². The second-order valence-electron chi connectivity index (χ2n) is 8.54. The van der Waals surface area contributed by atoms with E-state index in [4.69, 9.17) is 9.47 Å². The summed E-state index contributed by atoms with van der Waals surface area (Å²) >= 11 is 0. The van der Waals surface area contributed by atoms with Crippen molar-refractivity contribution < 1.29 is 27.4 Å². The molecule has 11 heteroatoms. The van der Waals surface area contributed by atoms with Gasteiger partial charge in [0.25, 0.3) is 0 Å². The zero-order valence-corrected chi connectivity index (χ0v) is 19.5. The molecule has 1 aromatic carbocycles. The first-order valence-corrected chi connectivity index (χ1v) is 11.2. The molecule has 2 aliphatic rings. The number of amides is 2. The molecule has 0 saturated carbocycles. The Hall–Kier alpha value is -4.15. The highest BCUT2D eigenvalue weighted by Crippen LogP contribution is 2.34. The monoisotopic (exact) mass is 497 g/mol. The highest BCUT2D eigenvalue weighted by atomic mass is 19.1. The Labute approximate surface area is 205 Å². The molecule has 0 aliphatic carbocycles. The Morgan fingerprint density at radius 2 is 1.83 bits per heavy atom. The number of hydrazone groups is 1. The van der Waals surface area contributed by atoms with Crippen LogP contribution in [0.3, 0.4) is 0 Å². The number of hydrogen-bond acceptors (Lipinski definition) is 6. The number of likely N-dealkylation sites (tertiary alicyclic amines) is 1. The topological polar surface area (TPSA) is 80.2 Å². The van der Waals surface area contributed by atoms with E-state index in [1.165, 1.54) is 41.4 Å². The summed E-state index contributed by atoms with van der Waals surface area (Å²) in [6.07, 6.45) is 4.09. The number of carbonyl (C=O) groups excluding carboxylic acids is 1. The molecular formula is C25H22F3N5O3. The highest BCUT2D eigenvalue weighted by Gasteiger charge is 2.39. The number of halogens is 3. The molecule has 186 valence electrons. The van der Waals surface area contributed by atoms with Crippen LogP contribution in [0.4, 0.5) is 18.0 Å². The molecule has 0 bridgehead atoms. The third-order valence-corrected chi connectivity index (χ3v) is 6.10. The zero-order chi connectivity index (χ0) is 25.4. The lowest BCUT2D eigenvalue weighted by atomic mass is 10.0. The largest absolute Gasteiger partial charge is 0.483 e. The van der Waals surface area contributed by atoms with Crippen molar-refractivity contribution in [2.45, 2.75) is 25.5 Å². The minimum atomic E-state index is -0.723. The molecule has 1 saturated heterocycles. The Morgan fingerprint density at radius 1 is 1.08 bits per heavy atom. The minimum Gasteiger partial charge on any atom is -0.483 e. The Kier molecular flexibility index (Phi) is 6.21. The van der Waals surface area contributed by atoms with E-state index in [-0.39, 0.29) is 18.8 Å². The van der Waals surface area contributed by atoms with Crippen molar-refractivity contribution in [2.24, 2.45) is 5.10 Å². The Balaban J connectivity index is 1.26. The summed E-state index contributed by atoms with van der Waals surface area (Å²) in [6, 6.07) is 5.39. The van der Waals surface area contributed by atoms with E-state index in [1.807, 2.05) is 6.92 Å². The second-order valence-corrected chi connectivity index (χ2v) is 8.54. The Bertz CT molecular complexity index is 1330. The number of nitrogens with zero attached hydrogens (tertiary/aromatic N) is 5. The molecule has 1 fully saturated rings. The lowest BCUT2D eigenvalue weighted by Crippen LogP contribution is -2.58. The van der Waals surface area contributed by atoms with Gasteiger partial charge in [0, 0.05) is 31.0 Å². The molecular weight excluding hydrogens is 475 g/mol. The van der Waals surface area contributed by atoms with Crippen molar-refractivity contribution in [1.82, 2.24) is 19.9 Å². The molecule has 8 nitrogen and oxygen atoms in total. The minimum absolute atomic E-state index is 0.00490. The van der Waals surface area contributed by atoms with Gasteiger partial charge in [-0.15, -0.1) is 0 Å². The third kappa shape index (κ3) is 4.43. The first-order valence-electron chi connectivity index (χ1n) is 11.2. The summed E-state index contributed by atoms with van der Waals surface area (Å²) in [5.41, 5.74) is 2.24. The summed E-state index contributed by atoms with van der Waals surface area (Å²) in [5.74, 6) is -1.73. The lowest BCUT2D eigenvalue weighted by Gasteiger charge is -2.41. The molecule has 1 atom stereocenters. The van der Waals surface area contributed by atoms with Crippen LogP contribution < -0.4 is 9.47 Å². The number of aromatic nitrogens is 2. The first-order chi connectivity index (χ1) is 17.3. The maximum absolute atomic E-state index is 14.5. The average molecular weight is 497 g/mol.